The number of methoxy groups -OCH3 is 1. The Morgan fingerprint density at radius 3 is 2.50 bits per heavy atom. The molecule has 0 unspecified atom stereocenters. The summed E-state index contributed by atoms with van der Waals surface area (Å²) in [6.45, 7) is 3.16. The quantitative estimate of drug-likeness (QED) is 0.468. The first-order chi connectivity index (χ1) is 6.52. The molecular weight excluding hydrogens is 206 g/mol. The van der Waals surface area contributed by atoms with Crippen LogP contribution in [0.15, 0.2) is 0 Å². The summed E-state index contributed by atoms with van der Waals surface area (Å²) < 4.78 is 26.7. The maximum Gasteiger partial charge on any atom is 0.320 e. The Morgan fingerprint density at radius 1 is 1.36 bits per heavy atom. The molecule has 0 fully saturated rings. The van der Waals surface area contributed by atoms with Crippen LogP contribution in [0.25, 0.3) is 0 Å². The molecule has 5 nitrogen and oxygen atoms in total. The summed E-state index contributed by atoms with van der Waals surface area (Å²) in [5, 5.41) is 2.95. The minimum absolute atomic E-state index is 0.0257. The fourth-order valence-corrected chi connectivity index (χ4v) is 1.92. The average Bonchev–Trinajstić information content (AvgIpc) is 2.12. The Balaban J connectivity index is 3.79. The summed E-state index contributed by atoms with van der Waals surface area (Å²) in [5.74, 6) is -1.26. The van der Waals surface area contributed by atoms with E-state index in [-0.39, 0.29) is 5.75 Å². The molecule has 0 amide bonds. The van der Waals surface area contributed by atoms with Crippen LogP contribution in [0.3, 0.4) is 0 Å². The zero-order valence-corrected chi connectivity index (χ0v) is 9.39. The maximum atomic E-state index is 11.2. The van der Waals surface area contributed by atoms with Gasteiger partial charge in [0.1, 0.15) is 5.75 Å². The van der Waals surface area contributed by atoms with E-state index < -0.39 is 21.6 Å². The highest BCUT2D eigenvalue weighted by molar-refractivity contribution is 7.92. The lowest BCUT2D eigenvalue weighted by Crippen LogP contribution is -2.27. The Hall–Kier alpha value is -0.620. The van der Waals surface area contributed by atoms with E-state index in [1.54, 1.807) is 0 Å². The van der Waals surface area contributed by atoms with E-state index in [1.165, 1.54) is 7.11 Å². The molecule has 0 aromatic heterocycles. The van der Waals surface area contributed by atoms with Crippen molar-refractivity contribution in [1.29, 1.82) is 0 Å². The molecular formula is C8H17NO4S. The molecule has 0 rings (SSSR count). The number of nitrogens with one attached hydrogen (secondary N) is 1. The van der Waals surface area contributed by atoms with Gasteiger partial charge < -0.3 is 10.1 Å². The third kappa shape index (κ3) is 6.85. The maximum absolute atomic E-state index is 11.2. The number of carbonyl (C=O) groups is 1. The van der Waals surface area contributed by atoms with E-state index in [4.69, 9.17) is 0 Å². The average molecular weight is 223 g/mol. The second-order valence-electron chi connectivity index (χ2n) is 2.92. The van der Waals surface area contributed by atoms with Crippen LogP contribution < -0.4 is 5.32 Å². The van der Waals surface area contributed by atoms with Gasteiger partial charge in [0.25, 0.3) is 0 Å². The normalized spacial score (nSPS) is 11.3. The summed E-state index contributed by atoms with van der Waals surface area (Å²) >= 11 is 0. The second kappa shape index (κ2) is 6.78. The lowest BCUT2D eigenvalue weighted by molar-refractivity contribution is -0.137. The van der Waals surface area contributed by atoms with E-state index >= 15 is 0 Å². The number of carbonyl (C=O) groups excluding carboxylic acids is 1. The van der Waals surface area contributed by atoms with Crippen molar-refractivity contribution in [3.05, 3.63) is 0 Å². The molecule has 0 saturated heterocycles. The lowest BCUT2D eigenvalue weighted by Gasteiger charge is -2.03. The standard InChI is InChI=1S/C8H17NO4S/c1-3-4-9-5-6-14(11,12)7-8(10)13-2/h9H,3-7H2,1-2H3. The van der Waals surface area contributed by atoms with Crippen molar-refractivity contribution in [1.82, 2.24) is 5.32 Å². The largest absolute Gasteiger partial charge is 0.468 e. The number of ether oxygens (including phenoxy) is 1. The number of rotatable bonds is 7. The predicted molar refractivity (Wildman–Crippen MR) is 53.8 cm³/mol. The van der Waals surface area contributed by atoms with Crippen LogP contribution in [0.1, 0.15) is 13.3 Å². The number of hydrogen-bond donors (Lipinski definition) is 1. The highest BCUT2D eigenvalue weighted by Gasteiger charge is 2.16. The smallest absolute Gasteiger partial charge is 0.320 e. The summed E-state index contributed by atoms with van der Waals surface area (Å²) in [7, 11) is -2.14. The van der Waals surface area contributed by atoms with Crippen LogP contribution in [-0.2, 0) is 19.4 Å². The van der Waals surface area contributed by atoms with Crippen LogP contribution in [0.4, 0.5) is 0 Å². The van der Waals surface area contributed by atoms with Gasteiger partial charge in [-0.15, -0.1) is 0 Å². The first kappa shape index (κ1) is 13.4. The Labute approximate surface area is 84.7 Å². The molecule has 0 aromatic carbocycles. The van der Waals surface area contributed by atoms with Gasteiger partial charge in [-0.1, -0.05) is 6.92 Å². The van der Waals surface area contributed by atoms with Crippen molar-refractivity contribution in [2.75, 3.05) is 31.7 Å². The molecule has 0 aromatic rings. The van der Waals surface area contributed by atoms with Crippen LogP contribution >= 0.6 is 0 Å². The van der Waals surface area contributed by atoms with E-state index in [1.807, 2.05) is 6.92 Å². The number of esters is 1. The fourth-order valence-electron chi connectivity index (χ4n) is 0.840. The molecule has 84 valence electrons. The molecule has 0 aliphatic rings. The molecule has 0 aliphatic heterocycles. The van der Waals surface area contributed by atoms with Crippen LogP contribution in [-0.4, -0.2) is 46.1 Å². The first-order valence-electron chi connectivity index (χ1n) is 4.49. The number of hydrogen-bond acceptors (Lipinski definition) is 5. The monoisotopic (exact) mass is 223 g/mol. The van der Waals surface area contributed by atoms with Gasteiger partial charge >= 0.3 is 5.97 Å². The van der Waals surface area contributed by atoms with E-state index in [0.717, 1.165) is 13.0 Å². The van der Waals surface area contributed by atoms with Gasteiger partial charge in [-0.05, 0) is 13.0 Å². The Bertz CT molecular complexity index is 261. The third-order valence-electron chi connectivity index (χ3n) is 1.58. The molecule has 0 saturated carbocycles. The molecule has 1 N–H and O–H groups in total. The second-order valence-corrected chi connectivity index (χ2v) is 5.10. The van der Waals surface area contributed by atoms with Crippen molar-refractivity contribution in [3.8, 4) is 0 Å². The van der Waals surface area contributed by atoms with E-state index in [2.05, 4.69) is 10.1 Å². The van der Waals surface area contributed by atoms with Crippen molar-refractivity contribution < 1.29 is 17.9 Å². The van der Waals surface area contributed by atoms with Gasteiger partial charge in [-0.25, -0.2) is 8.42 Å². The molecule has 0 spiro atoms. The van der Waals surface area contributed by atoms with Gasteiger partial charge in [-0.3, -0.25) is 4.79 Å². The van der Waals surface area contributed by atoms with Crippen LogP contribution in [0.2, 0.25) is 0 Å². The highest BCUT2D eigenvalue weighted by atomic mass is 32.2. The molecule has 6 heteroatoms. The fraction of sp³-hybridized carbons (Fsp3) is 0.875. The topological polar surface area (TPSA) is 72.5 Å². The van der Waals surface area contributed by atoms with Crippen LogP contribution in [0.5, 0.6) is 0 Å². The van der Waals surface area contributed by atoms with Crippen molar-refractivity contribution in [3.63, 3.8) is 0 Å². The minimum Gasteiger partial charge on any atom is -0.468 e. The molecule has 14 heavy (non-hydrogen) atoms. The summed E-state index contributed by atoms with van der Waals surface area (Å²) in [6.07, 6.45) is 0.955. The molecule has 0 aliphatic carbocycles. The molecule has 0 bridgehead atoms. The van der Waals surface area contributed by atoms with Crippen molar-refractivity contribution >= 4 is 15.8 Å². The third-order valence-corrected chi connectivity index (χ3v) is 3.08. The minimum atomic E-state index is -3.31. The summed E-state index contributed by atoms with van der Waals surface area (Å²) in [5.41, 5.74) is 0. The lowest BCUT2D eigenvalue weighted by atomic mass is 10.5. The summed E-state index contributed by atoms with van der Waals surface area (Å²) in [4.78, 5) is 10.7. The van der Waals surface area contributed by atoms with Crippen molar-refractivity contribution in [2.45, 2.75) is 13.3 Å². The summed E-state index contributed by atoms with van der Waals surface area (Å²) in [6, 6.07) is 0. The van der Waals surface area contributed by atoms with E-state index in [0.29, 0.717) is 6.54 Å². The number of sulfone groups is 1. The zero-order valence-electron chi connectivity index (χ0n) is 8.58. The van der Waals surface area contributed by atoms with Gasteiger partial charge in [-0.2, -0.15) is 0 Å². The molecule has 0 atom stereocenters. The first-order valence-corrected chi connectivity index (χ1v) is 6.32. The zero-order chi connectivity index (χ0) is 11.0. The van der Waals surface area contributed by atoms with Crippen LogP contribution in [0, 0.1) is 0 Å². The van der Waals surface area contributed by atoms with Gasteiger partial charge in [0.2, 0.25) is 0 Å². The Kier molecular flexibility index (Phi) is 6.48. The molecule has 0 radical (unpaired) electrons. The molecule has 0 heterocycles. The Morgan fingerprint density at radius 2 is 2.00 bits per heavy atom. The van der Waals surface area contributed by atoms with Gasteiger partial charge in [0.15, 0.2) is 9.84 Å². The van der Waals surface area contributed by atoms with Crippen molar-refractivity contribution in [2.24, 2.45) is 0 Å². The highest BCUT2D eigenvalue weighted by Crippen LogP contribution is 1.90. The van der Waals surface area contributed by atoms with Gasteiger partial charge in [0.05, 0.1) is 12.9 Å². The van der Waals surface area contributed by atoms with Gasteiger partial charge in [0, 0.05) is 6.54 Å². The predicted octanol–water partition coefficient (Wildman–Crippen LogP) is -0.426. The SMILES string of the molecule is CCCNCCS(=O)(=O)CC(=O)OC. The van der Waals surface area contributed by atoms with E-state index in [9.17, 15) is 13.2 Å².